The fourth-order valence-electron chi connectivity index (χ4n) is 1.12. The fraction of sp³-hybridized carbons (Fsp3) is 0. The van der Waals surface area contributed by atoms with Crippen LogP contribution >= 0.6 is 23.2 Å². The van der Waals surface area contributed by atoms with Crippen molar-refractivity contribution in [1.29, 1.82) is 0 Å². The SMILES string of the molecule is Fc1cc(Oc2ccnc(Cl)c2)ccc1Cl. The van der Waals surface area contributed by atoms with Crippen LogP contribution in [0, 0.1) is 5.82 Å². The van der Waals surface area contributed by atoms with E-state index in [1.807, 2.05) is 0 Å². The Morgan fingerprint density at radius 1 is 1.06 bits per heavy atom. The number of nitrogens with zero attached hydrogens (tertiary/aromatic N) is 1. The van der Waals surface area contributed by atoms with Crippen molar-refractivity contribution in [2.75, 3.05) is 0 Å². The molecular weight excluding hydrogens is 252 g/mol. The van der Waals surface area contributed by atoms with Gasteiger partial charge in [-0.05, 0) is 18.2 Å². The molecule has 0 bridgehead atoms. The molecule has 2 rings (SSSR count). The third kappa shape index (κ3) is 2.62. The molecule has 0 aliphatic rings. The molecule has 1 aromatic carbocycles. The van der Waals surface area contributed by atoms with Crippen LogP contribution < -0.4 is 4.74 Å². The van der Waals surface area contributed by atoms with Crippen LogP contribution in [0.4, 0.5) is 4.39 Å². The third-order valence-corrected chi connectivity index (χ3v) is 2.34. The van der Waals surface area contributed by atoms with Crippen LogP contribution in [0.1, 0.15) is 0 Å². The van der Waals surface area contributed by atoms with Gasteiger partial charge in [0.25, 0.3) is 0 Å². The summed E-state index contributed by atoms with van der Waals surface area (Å²) in [6, 6.07) is 7.36. The third-order valence-electron chi connectivity index (χ3n) is 1.82. The monoisotopic (exact) mass is 257 g/mol. The Morgan fingerprint density at radius 3 is 2.50 bits per heavy atom. The van der Waals surface area contributed by atoms with E-state index in [9.17, 15) is 4.39 Å². The zero-order valence-electron chi connectivity index (χ0n) is 7.95. The molecule has 0 saturated heterocycles. The lowest BCUT2D eigenvalue weighted by molar-refractivity contribution is 0.476. The molecule has 82 valence electrons. The lowest BCUT2D eigenvalue weighted by Crippen LogP contribution is -1.86. The number of hydrogen-bond acceptors (Lipinski definition) is 2. The minimum Gasteiger partial charge on any atom is -0.457 e. The molecule has 1 heterocycles. The van der Waals surface area contributed by atoms with Crippen molar-refractivity contribution in [3.63, 3.8) is 0 Å². The molecule has 5 heteroatoms. The lowest BCUT2D eigenvalue weighted by Gasteiger charge is -2.05. The average molecular weight is 258 g/mol. The summed E-state index contributed by atoms with van der Waals surface area (Å²) in [5, 5.41) is 0.368. The van der Waals surface area contributed by atoms with Crippen LogP contribution in [-0.4, -0.2) is 4.98 Å². The summed E-state index contributed by atoms with van der Waals surface area (Å²) in [6.45, 7) is 0. The summed E-state index contributed by atoms with van der Waals surface area (Å²) in [5.74, 6) is 0.310. The van der Waals surface area contributed by atoms with Gasteiger partial charge in [0.15, 0.2) is 0 Å². The van der Waals surface area contributed by atoms with Crippen molar-refractivity contribution in [3.05, 3.63) is 52.5 Å². The van der Waals surface area contributed by atoms with E-state index in [2.05, 4.69) is 4.98 Å². The summed E-state index contributed by atoms with van der Waals surface area (Å²) in [5.41, 5.74) is 0. The first-order valence-corrected chi connectivity index (χ1v) is 5.15. The maximum Gasteiger partial charge on any atom is 0.145 e. The minimum atomic E-state index is -0.528. The molecule has 0 radical (unpaired) electrons. The summed E-state index contributed by atoms with van der Waals surface area (Å²) >= 11 is 11.2. The van der Waals surface area contributed by atoms with E-state index in [1.54, 1.807) is 12.1 Å². The molecule has 0 atom stereocenters. The Balaban J connectivity index is 2.24. The lowest BCUT2D eigenvalue weighted by atomic mass is 10.3. The van der Waals surface area contributed by atoms with Gasteiger partial charge in [-0.3, -0.25) is 0 Å². The van der Waals surface area contributed by atoms with Crippen molar-refractivity contribution in [2.24, 2.45) is 0 Å². The van der Waals surface area contributed by atoms with E-state index < -0.39 is 5.82 Å². The Labute approximate surface area is 102 Å². The van der Waals surface area contributed by atoms with Crippen LogP contribution in [0.5, 0.6) is 11.5 Å². The van der Waals surface area contributed by atoms with Gasteiger partial charge in [0.2, 0.25) is 0 Å². The van der Waals surface area contributed by atoms with E-state index in [1.165, 1.54) is 24.4 Å². The van der Waals surface area contributed by atoms with Gasteiger partial charge in [-0.1, -0.05) is 23.2 Å². The quantitative estimate of drug-likeness (QED) is 0.748. The molecule has 16 heavy (non-hydrogen) atoms. The van der Waals surface area contributed by atoms with E-state index >= 15 is 0 Å². The zero-order valence-corrected chi connectivity index (χ0v) is 9.47. The number of ether oxygens (including phenoxy) is 1. The van der Waals surface area contributed by atoms with Crippen molar-refractivity contribution in [2.45, 2.75) is 0 Å². The van der Waals surface area contributed by atoms with Crippen LogP contribution in [0.2, 0.25) is 10.2 Å². The van der Waals surface area contributed by atoms with Gasteiger partial charge >= 0.3 is 0 Å². The Kier molecular flexibility index (Phi) is 3.27. The zero-order chi connectivity index (χ0) is 11.5. The van der Waals surface area contributed by atoms with Gasteiger partial charge in [-0.25, -0.2) is 9.37 Å². The maximum atomic E-state index is 13.1. The highest BCUT2D eigenvalue weighted by atomic mass is 35.5. The van der Waals surface area contributed by atoms with Gasteiger partial charge < -0.3 is 4.74 Å². The van der Waals surface area contributed by atoms with E-state index in [0.29, 0.717) is 16.7 Å². The first kappa shape index (κ1) is 11.2. The molecule has 0 fully saturated rings. The van der Waals surface area contributed by atoms with Crippen LogP contribution in [0.3, 0.4) is 0 Å². The van der Waals surface area contributed by atoms with Crippen molar-refractivity contribution >= 4 is 23.2 Å². The molecule has 0 aliphatic carbocycles. The molecule has 0 N–H and O–H groups in total. The van der Waals surface area contributed by atoms with Gasteiger partial charge in [0.05, 0.1) is 5.02 Å². The molecule has 0 amide bonds. The molecule has 2 nitrogen and oxygen atoms in total. The number of benzene rings is 1. The summed E-state index contributed by atoms with van der Waals surface area (Å²) in [4.78, 5) is 3.80. The number of aromatic nitrogens is 1. The fourth-order valence-corrected chi connectivity index (χ4v) is 1.41. The van der Waals surface area contributed by atoms with Crippen molar-refractivity contribution in [1.82, 2.24) is 4.98 Å². The first-order chi connectivity index (χ1) is 7.65. The van der Waals surface area contributed by atoms with E-state index in [4.69, 9.17) is 27.9 Å². The Morgan fingerprint density at radius 2 is 1.81 bits per heavy atom. The van der Waals surface area contributed by atoms with Crippen molar-refractivity contribution in [3.8, 4) is 11.5 Å². The molecule has 0 saturated carbocycles. The maximum absolute atomic E-state index is 13.1. The number of pyridine rings is 1. The Hall–Kier alpha value is -1.32. The second kappa shape index (κ2) is 4.68. The minimum absolute atomic E-state index is 0.0557. The van der Waals surface area contributed by atoms with Gasteiger partial charge in [0.1, 0.15) is 22.5 Å². The normalized spacial score (nSPS) is 10.2. The van der Waals surface area contributed by atoms with Gasteiger partial charge in [-0.15, -0.1) is 0 Å². The van der Waals surface area contributed by atoms with E-state index in [0.717, 1.165) is 0 Å². The highest BCUT2D eigenvalue weighted by molar-refractivity contribution is 6.30. The molecule has 0 unspecified atom stereocenters. The standard InChI is InChI=1S/C11H6Cl2FNO/c12-9-2-1-7(5-10(9)14)16-8-3-4-15-11(13)6-8/h1-6H. The van der Waals surface area contributed by atoms with Crippen LogP contribution in [0.25, 0.3) is 0 Å². The number of halogens is 3. The van der Waals surface area contributed by atoms with E-state index in [-0.39, 0.29) is 5.02 Å². The largest absolute Gasteiger partial charge is 0.457 e. The Bertz CT molecular complexity index is 519. The van der Waals surface area contributed by atoms with Crippen LogP contribution in [-0.2, 0) is 0 Å². The van der Waals surface area contributed by atoms with Crippen molar-refractivity contribution < 1.29 is 9.13 Å². The van der Waals surface area contributed by atoms with Gasteiger partial charge in [0, 0.05) is 18.3 Å². The predicted molar refractivity (Wildman–Crippen MR) is 60.7 cm³/mol. The second-order valence-corrected chi connectivity index (χ2v) is 3.79. The summed E-state index contributed by atoms with van der Waals surface area (Å²) in [7, 11) is 0. The molecule has 2 aromatic rings. The van der Waals surface area contributed by atoms with Gasteiger partial charge in [-0.2, -0.15) is 0 Å². The second-order valence-electron chi connectivity index (χ2n) is 2.99. The molecular formula is C11H6Cl2FNO. The smallest absolute Gasteiger partial charge is 0.145 e. The number of hydrogen-bond donors (Lipinski definition) is 0. The first-order valence-electron chi connectivity index (χ1n) is 4.39. The molecule has 0 aliphatic heterocycles. The summed E-state index contributed by atoms with van der Waals surface area (Å²) in [6.07, 6.45) is 1.50. The average Bonchev–Trinajstić information content (AvgIpc) is 2.24. The molecule has 1 aromatic heterocycles. The predicted octanol–water partition coefficient (Wildman–Crippen LogP) is 4.32. The number of rotatable bonds is 2. The highest BCUT2D eigenvalue weighted by Gasteiger charge is 2.03. The van der Waals surface area contributed by atoms with Crippen LogP contribution in [0.15, 0.2) is 36.5 Å². The highest BCUT2D eigenvalue weighted by Crippen LogP contribution is 2.26. The summed E-state index contributed by atoms with van der Waals surface area (Å²) < 4.78 is 18.5. The topological polar surface area (TPSA) is 22.1 Å². The molecule has 0 spiro atoms.